The van der Waals surface area contributed by atoms with E-state index in [9.17, 15) is 19.8 Å². The minimum Gasteiger partial charge on any atom is -0.478 e. The Morgan fingerprint density at radius 3 is 2.22 bits per heavy atom. The van der Waals surface area contributed by atoms with Crippen LogP contribution in [0.2, 0.25) is 0 Å². The Balaban J connectivity index is 1.17. The van der Waals surface area contributed by atoms with Crippen LogP contribution < -0.4 is 10.6 Å². The van der Waals surface area contributed by atoms with Crippen LogP contribution in [-0.4, -0.2) is 39.1 Å². The van der Waals surface area contributed by atoms with Gasteiger partial charge < -0.3 is 30.3 Å². The van der Waals surface area contributed by atoms with Crippen LogP contribution in [0.25, 0.3) is 11.1 Å². The van der Waals surface area contributed by atoms with Gasteiger partial charge in [-0.3, -0.25) is 0 Å². The third-order valence-electron chi connectivity index (χ3n) is 8.19. The maximum absolute atomic E-state index is 12.4. The molecule has 4 aromatic carbocycles. The highest BCUT2D eigenvalue weighted by Crippen LogP contribution is 2.40. The number of carbonyl (C=O) groups is 2. The summed E-state index contributed by atoms with van der Waals surface area (Å²) in [5.41, 5.74) is 6.73. The third-order valence-corrected chi connectivity index (χ3v) is 9.33. The minimum atomic E-state index is -1.02. The number of aliphatic hydroxyl groups excluding tert-OH is 1. The molecule has 1 aliphatic heterocycles. The summed E-state index contributed by atoms with van der Waals surface area (Å²) < 4.78 is 13.1. The fourth-order valence-electron chi connectivity index (χ4n) is 5.61. The van der Waals surface area contributed by atoms with E-state index in [1.165, 1.54) is 11.8 Å². The van der Waals surface area contributed by atoms with E-state index in [2.05, 4.69) is 21.7 Å². The van der Waals surface area contributed by atoms with Crippen molar-refractivity contribution in [1.82, 2.24) is 15.6 Å². The van der Waals surface area contributed by atoms with Gasteiger partial charge in [-0.2, -0.15) is 0 Å². The minimum absolute atomic E-state index is 0.0434. The molecule has 0 saturated carbocycles. The monoisotopic (exact) mass is 675 g/mol. The number of nitrogens with one attached hydrogen (secondary N) is 2. The average Bonchev–Trinajstić information content (AvgIpc) is 3.16. The van der Waals surface area contributed by atoms with E-state index in [1.54, 1.807) is 18.3 Å². The summed E-state index contributed by atoms with van der Waals surface area (Å²) >= 11 is 1.35. The molecular formula is C39H37N3O6S. The third kappa shape index (κ3) is 9.13. The van der Waals surface area contributed by atoms with Crippen LogP contribution in [0, 0.1) is 0 Å². The zero-order chi connectivity index (χ0) is 34.0. The van der Waals surface area contributed by atoms with Crippen LogP contribution in [0.15, 0.2) is 126 Å². The first-order valence-electron chi connectivity index (χ1n) is 16.0. The number of rotatable bonds is 12. The molecule has 0 bridgehead atoms. The smallest absolute Gasteiger partial charge is 0.338 e. The maximum atomic E-state index is 12.4. The number of carboxylic acid groups (broad SMARTS) is 1. The van der Waals surface area contributed by atoms with Gasteiger partial charge in [0.2, 0.25) is 0 Å². The molecule has 10 heteroatoms. The topological polar surface area (TPSA) is 130 Å². The van der Waals surface area contributed by atoms with Crippen molar-refractivity contribution < 1.29 is 29.3 Å². The predicted octanol–water partition coefficient (Wildman–Crippen LogP) is 7.28. The van der Waals surface area contributed by atoms with Crippen molar-refractivity contribution in [3.63, 3.8) is 0 Å². The van der Waals surface area contributed by atoms with Crippen molar-refractivity contribution >= 4 is 23.8 Å². The van der Waals surface area contributed by atoms with E-state index in [4.69, 9.17) is 9.47 Å². The van der Waals surface area contributed by atoms with Crippen molar-refractivity contribution in [2.24, 2.45) is 0 Å². The lowest BCUT2D eigenvalue weighted by Crippen LogP contribution is -2.34. The molecule has 1 aromatic heterocycles. The van der Waals surface area contributed by atoms with Crippen molar-refractivity contribution in [2.45, 2.75) is 49.6 Å². The van der Waals surface area contributed by atoms with E-state index in [1.807, 2.05) is 97.1 Å². The number of carbonyl (C=O) groups excluding carboxylic acids is 1. The number of urea groups is 1. The number of carboxylic acids is 1. The molecule has 1 aliphatic rings. The molecule has 3 unspecified atom stereocenters. The normalized spacial score (nSPS) is 17.3. The fraction of sp³-hybridized carbons (Fsp3) is 0.205. The second-order valence-corrected chi connectivity index (χ2v) is 12.7. The highest BCUT2D eigenvalue weighted by Gasteiger charge is 2.33. The van der Waals surface area contributed by atoms with Gasteiger partial charge in [0.05, 0.1) is 24.4 Å². The van der Waals surface area contributed by atoms with Crippen molar-refractivity contribution in [2.75, 3.05) is 5.75 Å². The molecule has 1 saturated heterocycles. The number of thioether (sulfide) groups is 1. The number of amides is 2. The number of hydrogen-bond donors (Lipinski definition) is 4. The summed E-state index contributed by atoms with van der Waals surface area (Å²) in [6.45, 7) is 0.781. The Morgan fingerprint density at radius 2 is 1.47 bits per heavy atom. The van der Waals surface area contributed by atoms with Gasteiger partial charge in [-0.05, 0) is 57.6 Å². The van der Waals surface area contributed by atoms with Crippen molar-refractivity contribution in [3.05, 3.63) is 155 Å². The molecule has 9 nitrogen and oxygen atoms in total. The number of nitrogens with zero attached hydrogens (tertiary/aromatic N) is 1. The Kier molecular flexibility index (Phi) is 11.3. The van der Waals surface area contributed by atoms with Crippen LogP contribution >= 0.6 is 11.8 Å². The van der Waals surface area contributed by atoms with E-state index in [-0.39, 0.29) is 30.4 Å². The first kappa shape index (κ1) is 33.9. The van der Waals surface area contributed by atoms with Gasteiger partial charge in [-0.15, -0.1) is 11.8 Å². The van der Waals surface area contributed by atoms with E-state index < -0.39 is 12.3 Å². The number of aromatic nitrogens is 1. The lowest BCUT2D eigenvalue weighted by atomic mass is 9.99. The number of pyridine rings is 1. The summed E-state index contributed by atoms with van der Waals surface area (Å²) in [4.78, 5) is 28.5. The number of aliphatic hydroxyl groups is 1. The Hall–Kier alpha value is -5.00. The highest BCUT2D eigenvalue weighted by molar-refractivity contribution is 7.99. The van der Waals surface area contributed by atoms with Crippen LogP contribution in [0.4, 0.5) is 4.79 Å². The number of hydrogen-bond acceptors (Lipinski definition) is 7. The van der Waals surface area contributed by atoms with Gasteiger partial charge in [-0.25, -0.2) is 14.6 Å². The zero-order valence-electron chi connectivity index (χ0n) is 26.7. The standard InChI is InChI=1S/C39H37N3O6S/c43-24-27-14-16-29(17-15-27)35-21-33(25-49-36-34(37(44)45)13-6-18-40-36)47-38(48-35)32-12-5-11-31(20-32)30-10-4-9-28(19-30)23-42-39(46)41-22-26-7-2-1-3-8-26/h1-20,33,35,38,43H,21-25H2,(H,44,45)(H2,41,42,46). The molecule has 0 aliphatic carbocycles. The second kappa shape index (κ2) is 16.4. The van der Waals surface area contributed by atoms with Crippen LogP contribution in [-0.2, 0) is 29.2 Å². The van der Waals surface area contributed by atoms with Crippen LogP contribution in [0.5, 0.6) is 0 Å². The van der Waals surface area contributed by atoms with E-state index >= 15 is 0 Å². The molecule has 4 N–H and O–H groups in total. The molecule has 0 radical (unpaired) electrons. The van der Waals surface area contributed by atoms with Crippen LogP contribution in [0.3, 0.4) is 0 Å². The highest BCUT2D eigenvalue weighted by atomic mass is 32.2. The molecule has 2 heterocycles. The van der Waals surface area contributed by atoms with Gasteiger partial charge in [-0.1, -0.05) is 91.0 Å². The van der Waals surface area contributed by atoms with E-state index in [0.717, 1.165) is 38.9 Å². The lowest BCUT2D eigenvalue weighted by Gasteiger charge is -2.36. The largest absolute Gasteiger partial charge is 0.478 e. The van der Waals surface area contributed by atoms with Gasteiger partial charge in [0.25, 0.3) is 0 Å². The zero-order valence-corrected chi connectivity index (χ0v) is 27.5. The number of benzene rings is 4. The average molecular weight is 676 g/mol. The van der Waals surface area contributed by atoms with Gasteiger partial charge in [0.15, 0.2) is 6.29 Å². The number of ether oxygens (including phenoxy) is 2. The predicted molar refractivity (Wildman–Crippen MR) is 188 cm³/mol. The Bertz CT molecular complexity index is 1870. The lowest BCUT2D eigenvalue weighted by molar-refractivity contribution is -0.245. The maximum Gasteiger partial charge on any atom is 0.338 e. The quantitative estimate of drug-likeness (QED) is 0.102. The molecule has 5 aromatic rings. The molecule has 49 heavy (non-hydrogen) atoms. The summed E-state index contributed by atoms with van der Waals surface area (Å²) in [6, 6.07) is 36.4. The summed E-state index contributed by atoms with van der Waals surface area (Å²) in [5.74, 6) is -0.540. The Labute approximate surface area is 289 Å². The summed E-state index contributed by atoms with van der Waals surface area (Å²) in [5, 5.41) is 25.4. The first-order chi connectivity index (χ1) is 23.9. The number of aromatic carboxylic acids is 1. The fourth-order valence-corrected chi connectivity index (χ4v) is 6.62. The van der Waals surface area contributed by atoms with Gasteiger partial charge in [0, 0.05) is 37.0 Å². The van der Waals surface area contributed by atoms with Crippen molar-refractivity contribution in [1.29, 1.82) is 0 Å². The molecule has 1 fully saturated rings. The molecule has 250 valence electrons. The molecule has 2 amide bonds. The summed E-state index contributed by atoms with van der Waals surface area (Å²) in [6.07, 6.45) is 0.922. The van der Waals surface area contributed by atoms with Gasteiger partial charge in [0.1, 0.15) is 5.03 Å². The SMILES string of the molecule is O=C(NCc1ccccc1)NCc1cccc(-c2cccc(C3OC(CSc4ncccc4C(=O)O)CC(c4ccc(CO)cc4)O3)c2)c1. The van der Waals surface area contributed by atoms with Crippen LogP contribution in [0.1, 0.15) is 57.0 Å². The molecule has 0 spiro atoms. The Morgan fingerprint density at radius 1 is 0.755 bits per heavy atom. The second-order valence-electron chi connectivity index (χ2n) is 11.7. The summed E-state index contributed by atoms with van der Waals surface area (Å²) in [7, 11) is 0. The molecule has 3 atom stereocenters. The van der Waals surface area contributed by atoms with Crippen molar-refractivity contribution in [3.8, 4) is 11.1 Å². The van der Waals surface area contributed by atoms with E-state index in [0.29, 0.717) is 30.3 Å². The van der Waals surface area contributed by atoms with Gasteiger partial charge >= 0.3 is 12.0 Å². The molecular weight excluding hydrogens is 639 g/mol. The molecule has 6 rings (SSSR count). The first-order valence-corrected chi connectivity index (χ1v) is 17.0.